The summed E-state index contributed by atoms with van der Waals surface area (Å²) in [6, 6.07) is 5.40. The molecule has 3 aliphatic rings. The molecule has 172 valence electrons. The van der Waals surface area contributed by atoms with Gasteiger partial charge in [0, 0.05) is 31.4 Å². The summed E-state index contributed by atoms with van der Waals surface area (Å²) in [5.41, 5.74) is 0.846. The average Bonchev–Trinajstić information content (AvgIpc) is 3.07. The Bertz CT molecular complexity index is 924. The molecule has 1 spiro atoms. The maximum absolute atomic E-state index is 13.5. The predicted octanol–water partition coefficient (Wildman–Crippen LogP) is 3.58. The fourth-order valence-corrected chi connectivity index (χ4v) is 5.86. The van der Waals surface area contributed by atoms with Gasteiger partial charge >= 0.3 is 6.09 Å². The van der Waals surface area contributed by atoms with Crippen LogP contribution >= 0.6 is 11.6 Å². The minimum absolute atomic E-state index is 0.0552. The zero-order valence-electron chi connectivity index (χ0n) is 18.2. The van der Waals surface area contributed by atoms with Crippen LogP contribution in [0, 0.1) is 17.8 Å². The highest BCUT2D eigenvalue weighted by Crippen LogP contribution is 2.44. The van der Waals surface area contributed by atoms with Crippen LogP contribution in [0.25, 0.3) is 0 Å². The van der Waals surface area contributed by atoms with Crippen molar-refractivity contribution in [3.05, 3.63) is 23.2 Å². The van der Waals surface area contributed by atoms with Crippen LogP contribution < -0.4 is 9.80 Å². The first-order valence-corrected chi connectivity index (χ1v) is 11.7. The normalized spacial score (nSPS) is 28.1. The van der Waals surface area contributed by atoms with Gasteiger partial charge in [0.15, 0.2) is 0 Å². The van der Waals surface area contributed by atoms with E-state index in [0.717, 1.165) is 68.6 Å². The molecule has 1 atom stereocenters. The second-order valence-electron chi connectivity index (χ2n) is 9.22. The first-order chi connectivity index (χ1) is 15.3. The maximum atomic E-state index is 13.5. The van der Waals surface area contributed by atoms with E-state index in [4.69, 9.17) is 18.0 Å². The lowest BCUT2D eigenvalue weighted by molar-refractivity contribution is -0.139. The van der Waals surface area contributed by atoms with Crippen molar-refractivity contribution in [2.24, 2.45) is 5.41 Å². The highest BCUT2D eigenvalue weighted by molar-refractivity contribution is 6.33. The van der Waals surface area contributed by atoms with E-state index in [1.54, 1.807) is 12.1 Å². The number of hydrogen-bond acceptors (Lipinski definition) is 4. The van der Waals surface area contributed by atoms with Crippen LogP contribution in [0.5, 0.6) is 0 Å². The lowest BCUT2D eigenvalue weighted by atomic mass is 9.78. The van der Waals surface area contributed by atoms with E-state index >= 15 is 0 Å². The number of aliphatic hydroxyl groups excluding tert-OH is 1. The van der Waals surface area contributed by atoms with Crippen molar-refractivity contribution in [1.82, 2.24) is 4.90 Å². The second kappa shape index (κ2) is 9.21. The van der Waals surface area contributed by atoms with Crippen LogP contribution in [-0.2, 0) is 4.79 Å². The molecule has 2 amide bonds. The molecule has 1 aromatic carbocycles. The third kappa shape index (κ3) is 4.26. The first-order valence-electron chi connectivity index (χ1n) is 11.3. The first kappa shape index (κ1) is 22.8. The molecule has 1 aromatic rings. The molecule has 7 nitrogen and oxygen atoms in total. The summed E-state index contributed by atoms with van der Waals surface area (Å²) in [5.74, 6) is 2.59. The van der Waals surface area contributed by atoms with Crippen molar-refractivity contribution in [2.45, 2.75) is 57.1 Å². The van der Waals surface area contributed by atoms with Gasteiger partial charge < -0.3 is 20.0 Å². The Morgan fingerprint density at radius 3 is 2.66 bits per heavy atom. The number of carboxylic acid groups (broad SMARTS) is 1. The topological polar surface area (TPSA) is 84.3 Å². The third-order valence-corrected chi connectivity index (χ3v) is 7.60. The van der Waals surface area contributed by atoms with E-state index in [9.17, 15) is 19.8 Å². The van der Waals surface area contributed by atoms with Crippen LogP contribution in [0.15, 0.2) is 18.2 Å². The van der Waals surface area contributed by atoms with Crippen LogP contribution in [0.2, 0.25) is 5.02 Å². The summed E-state index contributed by atoms with van der Waals surface area (Å²) in [6.45, 7) is 2.14. The van der Waals surface area contributed by atoms with Gasteiger partial charge in [0.25, 0.3) is 0 Å². The van der Waals surface area contributed by atoms with Crippen molar-refractivity contribution >= 4 is 35.0 Å². The Morgan fingerprint density at radius 2 is 2.00 bits per heavy atom. The quantitative estimate of drug-likeness (QED) is 0.672. The molecule has 0 bridgehead atoms. The van der Waals surface area contributed by atoms with Gasteiger partial charge in [0.05, 0.1) is 28.8 Å². The van der Waals surface area contributed by atoms with Crippen molar-refractivity contribution < 1.29 is 19.8 Å². The smallest absolute Gasteiger partial charge is 0.412 e. The number of carbonyl (C=O) groups is 2. The zero-order valence-corrected chi connectivity index (χ0v) is 18.9. The Labute approximate surface area is 193 Å². The van der Waals surface area contributed by atoms with Gasteiger partial charge in [-0.25, -0.2) is 4.79 Å². The molecule has 0 aromatic heterocycles. The molecule has 2 N–H and O–H groups in total. The molecule has 3 fully saturated rings. The van der Waals surface area contributed by atoms with Crippen LogP contribution in [0.4, 0.5) is 16.2 Å². The monoisotopic (exact) mass is 459 g/mol. The molecule has 8 heteroatoms. The van der Waals surface area contributed by atoms with E-state index in [0.29, 0.717) is 17.3 Å². The number of carbonyl (C=O) groups excluding carboxylic acids is 1. The number of benzene rings is 1. The molecule has 0 radical (unpaired) electrons. The molecule has 4 rings (SSSR count). The fourth-order valence-electron chi connectivity index (χ4n) is 5.56. The molecule has 2 aliphatic heterocycles. The van der Waals surface area contributed by atoms with Gasteiger partial charge in [-0.05, 0) is 63.1 Å². The highest BCUT2D eigenvalue weighted by Gasteiger charge is 2.50. The van der Waals surface area contributed by atoms with Gasteiger partial charge in [-0.15, -0.1) is 6.42 Å². The number of nitrogens with zero attached hydrogens (tertiary/aromatic N) is 3. The largest absolute Gasteiger partial charge is 0.465 e. The number of amides is 2. The zero-order chi connectivity index (χ0) is 22.9. The van der Waals surface area contributed by atoms with Crippen molar-refractivity contribution in [3.63, 3.8) is 0 Å². The van der Waals surface area contributed by atoms with E-state index in [1.807, 2.05) is 6.07 Å². The number of rotatable bonds is 4. The highest BCUT2D eigenvalue weighted by atomic mass is 35.5. The average molecular weight is 460 g/mol. The standard InChI is InChI=1S/C24H30ClN3O4/c1-2-12-28(23(31)32)18-6-9-21(20(25)15-18)26-13-3-10-24(16-26)11-14-27(22(24)30)17-4-7-19(29)8-5-17/h1,6,9,15,17,19,29H,3-5,7-8,10-14,16H2,(H,31,32)/t17-,19-,24?. The molecule has 1 unspecified atom stereocenters. The Morgan fingerprint density at radius 1 is 1.25 bits per heavy atom. The van der Waals surface area contributed by atoms with E-state index in [2.05, 4.69) is 15.7 Å². The molecular formula is C24H30ClN3O4. The summed E-state index contributed by atoms with van der Waals surface area (Å²) in [6.07, 6.45) is 9.83. The number of terminal acetylenes is 1. The van der Waals surface area contributed by atoms with Crippen molar-refractivity contribution in [1.29, 1.82) is 0 Å². The summed E-state index contributed by atoms with van der Waals surface area (Å²) in [4.78, 5) is 30.3. The van der Waals surface area contributed by atoms with E-state index in [-0.39, 0.29) is 24.6 Å². The summed E-state index contributed by atoms with van der Waals surface area (Å²) < 4.78 is 0. The fraction of sp³-hybridized carbons (Fsp3) is 0.583. The summed E-state index contributed by atoms with van der Waals surface area (Å²) >= 11 is 6.58. The van der Waals surface area contributed by atoms with Gasteiger partial charge in [-0.3, -0.25) is 9.69 Å². The van der Waals surface area contributed by atoms with E-state index < -0.39 is 11.5 Å². The van der Waals surface area contributed by atoms with E-state index in [1.165, 1.54) is 0 Å². The molecule has 32 heavy (non-hydrogen) atoms. The molecule has 1 saturated carbocycles. The number of halogens is 1. The lowest BCUT2D eigenvalue weighted by Crippen LogP contribution is -2.50. The minimum Gasteiger partial charge on any atom is -0.465 e. The minimum atomic E-state index is -1.13. The van der Waals surface area contributed by atoms with Gasteiger partial charge in [-0.1, -0.05) is 17.5 Å². The third-order valence-electron chi connectivity index (χ3n) is 7.29. The van der Waals surface area contributed by atoms with Gasteiger partial charge in [-0.2, -0.15) is 0 Å². The SMILES string of the molecule is C#CCN(C(=O)O)c1ccc(N2CCCC3(CCN([C@H]4CC[C@H](O)CC4)C3=O)C2)c(Cl)c1. The van der Waals surface area contributed by atoms with Gasteiger partial charge in [0.1, 0.15) is 0 Å². The number of likely N-dealkylation sites (tertiary alicyclic amines) is 1. The Balaban J connectivity index is 1.50. The summed E-state index contributed by atoms with van der Waals surface area (Å²) in [5, 5.41) is 19.7. The predicted molar refractivity (Wildman–Crippen MR) is 124 cm³/mol. The Kier molecular flexibility index (Phi) is 6.55. The molecule has 2 heterocycles. The Hall–Kier alpha value is -2.43. The van der Waals surface area contributed by atoms with Crippen LogP contribution in [0.1, 0.15) is 44.9 Å². The molecule has 1 aliphatic carbocycles. The van der Waals surface area contributed by atoms with Crippen molar-refractivity contribution in [3.8, 4) is 12.3 Å². The lowest BCUT2D eigenvalue weighted by Gasteiger charge is -2.41. The number of hydrogen-bond donors (Lipinski definition) is 2. The van der Waals surface area contributed by atoms with Gasteiger partial charge in [0.2, 0.25) is 5.91 Å². The molecule has 2 saturated heterocycles. The number of anilines is 2. The second-order valence-corrected chi connectivity index (χ2v) is 9.63. The van der Waals surface area contributed by atoms with Crippen LogP contribution in [0.3, 0.4) is 0 Å². The van der Waals surface area contributed by atoms with Crippen molar-refractivity contribution in [2.75, 3.05) is 36.0 Å². The maximum Gasteiger partial charge on any atom is 0.412 e. The number of piperidine rings is 1. The number of aliphatic hydroxyl groups is 1. The van der Waals surface area contributed by atoms with Crippen LogP contribution in [-0.4, -0.2) is 65.4 Å². The summed E-state index contributed by atoms with van der Waals surface area (Å²) in [7, 11) is 0. The molecular weight excluding hydrogens is 430 g/mol.